The van der Waals surface area contributed by atoms with Gasteiger partial charge in [-0.15, -0.1) is 11.8 Å². The van der Waals surface area contributed by atoms with Crippen LogP contribution in [0.25, 0.3) is 0 Å². The molecule has 0 aliphatic heterocycles. The second-order valence-electron chi connectivity index (χ2n) is 4.66. The van der Waals surface area contributed by atoms with Gasteiger partial charge in [-0.3, -0.25) is 25.2 Å². The predicted molar refractivity (Wildman–Crippen MR) is 79.2 cm³/mol. The van der Waals surface area contributed by atoms with E-state index in [-0.39, 0.29) is 18.4 Å². The van der Waals surface area contributed by atoms with Crippen molar-refractivity contribution < 1.29 is 14.4 Å². The van der Waals surface area contributed by atoms with E-state index in [1.165, 1.54) is 0 Å². The van der Waals surface area contributed by atoms with Crippen LogP contribution in [0.3, 0.4) is 0 Å². The minimum atomic E-state index is -0.842. The van der Waals surface area contributed by atoms with E-state index in [0.717, 1.165) is 17.7 Å². The highest BCUT2D eigenvalue weighted by atomic mass is 32.2. The topological polar surface area (TPSA) is 87.3 Å². The van der Waals surface area contributed by atoms with Crippen molar-refractivity contribution in [3.8, 4) is 0 Å². The Morgan fingerprint density at radius 3 is 2.43 bits per heavy atom. The highest BCUT2D eigenvalue weighted by Crippen LogP contribution is 2.18. The van der Waals surface area contributed by atoms with Crippen LogP contribution in [0, 0.1) is 0 Å². The van der Waals surface area contributed by atoms with E-state index in [1.807, 2.05) is 30.3 Å². The van der Waals surface area contributed by atoms with E-state index in [1.54, 1.807) is 11.8 Å². The average Bonchev–Trinajstić information content (AvgIpc) is 3.29. The van der Waals surface area contributed by atoms with Gasteiger partial charge in [-0.1, -0.05) is 18.2 Å². The van der Waals surface area contributed by atoms with Crippen LogP contribution in [0.2, 0.25) is 0 Å². The fraction of sp³-hybridized carbons (Fsp3) is 0.357. The van der Waals surface area contributed by atoms with Gasteiger partial charge in [0.1, 0.15) is 0 Å². The van der Waals surface area contributed by atoms with Gasteiger partial charge >= 0.3 is 11.8 Å². The van der Waals surface area contributed by atoms with Crippen molar-refractivity contribution in [2.45, 2.75) is 30.2 Å². The summed E-state index contributed by atoms with van der Waals surface area (Å²) in [4.78, 5) is 35.3. The third kappa shape index (κ3) is 5.86. The number of benzene rings is 1. The summed E-state index contributed by atoms with van der Waals surface area (Å²) in [5.41, 5.74) is 4.33. The number of amides is 3. The first-order valence-corrected chi connectivity index (χ1v) is 7.71. The summed E-state index contributed by atoms with van der Waals surface area (Å²) in [7, 11) is 0. The van der Waals surface area contributed by atoms with Crippen LogP contribution in [0.1, 0.15) is 19.3 Å². The Morgan fingerprint density at radius 1 is 1.05 bits per heavy atom. The summed E-state index contributed by atoms with van der Waals surface area (Å²) in [6, 6.07) is 9.83. The highest BCUT2D eigenvalue weighted by Gasteiger charge is 2.26. The fourth-order valence-electron chi connectivity index (χ4n) is 1.50. The van der Waals surface area contributed by atoms with Crippen molar-refractivity contribution in [2.75, 3.05) is 5.75 Å². The number of hydrogen-bond donors (Lipinski definition) is 3. The van der Waals surface area contributed by atoms with Gasteiger partial charge in [0.15, 0.2) is 0 Å². The Labute approximate surface area is 127 Å². The first kappa shape index (κ1) is 15.4. The van der Waals surface area contributed by atoms with Gasteiger partial charge in [-0.25, -0.2) is 0 Å². The molecule has 1 saturated carbocycles. The molecule has 1 aliphatic carbocycles. The van der Waals surface area contributed by atoms with Gasteiger partial charge in [0.05, 0.1) is 0 Å². The molecule has 6 nitrogen and oxygen atoms in total. The van der Waals surface area contributed by atoms with Crippen molar-refractivity contribution in [3.63, 3.8) is 0 Å². The normalized spacial score (nSPS) is 13.3. The molecule has 0 atom stereocenters. The maximum atomic E-state index is 11.5. The zero-order valence-corrected chi connectivity index (χ0v) is 12.2. The molecule has 0 saturated heterocycles. The zero-order valence-electron chi connectivity index (χ0n) is 11.4. The molecule has 0 bridgehead atoms. The molecule has 3 amide bonds. The Hall–Kier alpha value is -2.02. The molecule has 21 heavy (non-hydrogen) atoms. The smallest absolute Gasteiger partial charge is 0.327 e. The summed E-state index contributed by atoms with van der Waals surface area (Å²) >= 11 is 1.55. The first-order valence-electron chi connectivity index (χ1n) is 6.72. The third-order valence-electron chi connectivity index (χ3n) is 2.78. The maximum Gasteiger partial charge on any atom is 0.327 e. The van der Waals surface area contributed by atoms with Crippen LogP contribution in [-0.2, 0) is 14.4 Å². The molecule has 0 unspecified atom stereocenters. The minimum absolute atomic E-state index is 0.112. The molecule has 0 aromatic heterocycles. The molecule has 112 valence electrons. The van der Waals surface area contributed by atoms with Gasteiger partial charge in [0.2, 0.25) is 5.91 Å². The van der Waals surface area contributed by atoms with Crippen molar-refractivity contribution >= 4 is 29.5 Å². The molecule has 0 spiro atoms. The van der Waals surface area contributed by atoms with E-state index in [2.05, 4.69) is 16.2 Å². The van der Waals surface area contributed by atoms with Crippen LogP contribution in [0.5, 0.6) is 0 Å². The lowest BCUT2D eigenvalue weighted by atomic mass is 10.4. The average molecular weight is 307 g/mol. The highest BCUT2D eigenvalue weighted by molar-refractivity contribution is 7.99. The Morgan fingerprint density at radius 2 is 1.76 bits per heavy atom. The van der Waals surface area contributed by atoms with Crippen LogP contribution >= 0.6 is 11.8 Å². The molecule has 3 N–H and O–H groups in total. The molecule has 1 aliphatic rings. The molecule has 1 aromatic carbocycles. The van der Waals surface area contributed by atoms with Gasteiger partial charge in [-0.2, -0.15) is 0 Å². The van der Waals surface area contributed by atoms with Gasteiger partial charge in [-0.05, 0) is 25.0 Å². The second-order valence-corrected chi connectivity index (χ2v) is 5.83. The number of hydrazine groups is 1. The summed E-state index contributed by atoms with van der Waals surface area (Å²) < 4.78 is 0. The number of hydrogen-bond acceptors (Lipinski definition) is 4. The molecule has 1 aromatic rings. The van der Waals surface area contributed by atoms with Crippen molar-refractivity contribution in [3.05, 3.63) is 30.3 Å². The molecular formula is C14H17N3O3S. The Bertz CT molecular complexity index is 517. The molecule has 1 fully saturated rings. The van der Waals surface area contributed by atoms with E-state index >= 15 is 0 Å². The zero-order chi connectivity index (χ0) is 15.1. The standard InChI is InChI=1S/C14H17N3O3S/c18-12(8-9-21-11-4-2-1-3-5-11)16-17-14(20)13(19)15-10-6-7-10/h1-5,10H,6-9H2,(H,15,19)(H,16,18)(H,17,20). The van der Waals surface area contributed by atoms with Crippen molar-refractivity contribution in [1.29, 1.82) is 0 Å². The quantitative estimate of drug-likeness (QED) is 0.422. The second kappa shape index (κ2) is 7.68. The summed E-state index contributed by atoms with van der Waals surface area (Å²) in [5.74, 6) is -1.28. The third-order valence-corrected chi connectivity index (χ3v) is 3.79. The monoisotopic (exact) mass is 307 g/mol. The number of thioether (sulfide) groups is 1. The van der Waals surface area contributed by atoms with Gasteiger partial charge in [0, 0.05) is 23.1 Å². The summed E-state index contributed by atoms with van der Waals surface area (Å²) in [6.45, 7) is 0. The largest absolute Gasteiger partial charge is 0.345 e. The Kier molecular flexibility index (Phi) is 5.62. The van der Waals surface area contributed by atoms with E-state index < -0.39 is 11.8 Å². The predicted octanol–water partition coefficient (Wildman–Crippen LogP) is 0.595. The molecular weight excluding hydrogens is 290 g/mol. The molecule has 0 radical (unpaired) electrons. The lowest BCUT2D eigenvalue weighted by Gasteiger charge is -2.07. The summed E-state index contributed by atoms with van der Waals surface area (Å²) in [6.07, 6.45) is 2.06. The van der Waals surface area contributed by atoms with E-state index in [0.29, 0.717) is 5.75 Å². The number of rotatable bonds is 5. The van der Waals surface area contributed by atoms with Gasteiger partial charge in [0.25, 0.3) is 0 Å². The SMILES string of the molecule is O=C(CCSc1ccccc1)NNC(=O)C(=O)NC1CC1. The minimum Gasteiger partial charge on any atom is -0.345 e. The fourth-order valence-corrected chi connectivity index (χ4v) is 2.38. The lowest BCUT2D eigenvalue weighted by Crippen LogP contribution is -2.49. The Balaban J connectivity index is 1.58. The van der Waals surface area contributed by atoms with E-state index in [4.69, 9.17) is 0 Å². The lowest BCUT2D eigenvalue weighted by molar-refractivity contribution is -0.140. The van der Waals surface area contributed by atoms with Crippen LogP contribution in [0.15, 0.2) is 35.2 Å². The molecule has 0 heterocycles. The van der Waals surface area contributed by atoms with E-state index in [9.17, 15) is 14.4 Å². The van der Waals surface area contributed by atoms with Crippen molar-refractivity contribution in [1.82, 2.24) is 16.2 Å². The molecule has 2 rings (SSSR count). The number of nitrogens with one attached hydrogen (secondary N) is 3. The van der Waals surface area contributed by atoms with Crippen LogP contribution in [0.4, 0.5) is 0 Å². The van der Waals surface area contributed by atoms with Crippen LogP contribution in [-0.4, -0.2) is 29.5 Å². The van der Waals surface area contributed by atoms with Crippen molar-refractivity contribution in [2.24, 2.45) is 0 Å². The first-order chi connectivity index (χ1) is 10.1. The number of carbonyl (C=O) groups excluding carboxylic acids is 3. The van der Waals surface area contributed by atoms with Crippen LogP contribution < -0.4 is 16.2 Å². The number of carbonyl (C=O) groups is 3. The summed E-state index contributed by atoms with van der Waals surface area (Å²) in [5, 5.41) is 2.54. The molecule has 7 heteroatoms. The maximum absolute atomic E-state index is 11.5. The van der Waals surface area contributed by atoms with Gasteiger partial charge < -0.3 is 5.32 Å².